The monoisotopic (exact) mass is 252 g/mol. The van der Waals surface area contributed by atoms with E-state index in [1.54, 1.807) is 6.08 Å². The van der Waals surface area contributed by atoms with E-state index in [-0.39, 0.29) is 11.0 Å². The predicted octanol–water partition coefficient (Wildman–Crippen LogP) is 3.73. The summed E-state index contributed by atoms with van der Waals surface area (Å²) in [5.41, 5.74) is 0.567. The second kappa shape index (κ2) is 4.34. The van der Waals surface area contributed by atoms with E-state index < -0.39 is 0 Å². The lowest BCUT2D eigenvalue weighted by Gasteiger charge is -2.28. The Morgan fingerprint density at radius 3 is 2.71 bits per heavy atom. The number of hydrogen-bond donors (Lipinski definition) is 0. The van der Waals surface area contributed by atoms with Crippen LogP contribution in [0, 0.1) is 5.41 Å². The molecule has 2 rings (SSSR count). The number of allylic oxidation sites excluding steroid dienone is 5. The topological polar surface area (TPSA) is 26.3 Å². The number of carbonyl (C=O) groups is 1. The van der Waals surface area contributed by atoms with Gasteiger partial charge in [0.25, 0.3) is 0 Å². The van der Waals surface area contributed by atoms with Gasteiger partial charge in [0.2, 0.25) is 0 Å². The maximum absolute atomic E-state index is 10.9. The maximum atomic E-state index is 10.9. The molecule has 0 bridgehead atoms. The van der Waals surface area contributed by atoms with Gasteiger partial charge in [-0.1, -0.05) is 23.8 Å². The average Bonchev–Trinajstić information content (AvgIpc) is 3.00. The van der Waals surface area contributed by atoms with E-state index in [0.717, 1.165) is 12.7 Å². The number of ether oxygens (including phenoxy) is 1. The molecule has 1 fully saturated rings. The molecule has 0 aromatic rings. The molecule has 1 aliphatic carbocycles. The van der Waals surface area contributed by atoms with Crippen LogP contribution in [0.1, 0.15) is 33.1 Å². The second-order valence-electron chi connectivity index (χ2n) is 5.51. The smallest absolute Gasteiger partial charge is 0.150 e. The van der Waals surface area contributed by atoms with Gasteiger partial charge in [-0.05, 0) is 44.6 Å². The van der Waals surface area contributed by atoms with Crippen molar-refractivity contribution in [3.63, 3.8) is 0 Å². The average molecular weight is 253 g/mol. The summed E-state index contributed by atoms with van der Waals surface area (Å²) in [6.07, 6.45) is 11.3. The minimum absolute atomic E-state index is 0.212. The Balaban J connectivity index is 2.32. The fourth-order valence-electron chi connectivity index (χ4n) is 2.26. The molecule has 1 spiro atoms. The Hall–Kier alpha value is -1.02. The first-order valence-corrected chi connectivity index (χ1v) is 6.22. The fourth-order valence-corrected chi connectivity index (χ4v) is 2.43. The van der Waals surface area contributed by atoms with Crippen LogP contribution < -0.4 is 0 Å². The highest BCUT2D eigenvalue weighted by Crippen LogP contribution is 2.53. The van der Waals surface area contributed by atoms with E-state index in [0.29, 0.717) is 10.6 Å². The molecular formula is C14H17ClO2. The lowest BCUT2D eigenvalue weighted by Crippen LogP contribution is -2.26. The zero-order chi connectivity index (χ0) is 12.5. The van der Waals surface area contributed by atoms with Gasteiger partial charge in [0, 0.05) is 5.57 Å². The van der Waals surface area contributed by atoms with Crippen molar-refractivity contribution in [1.29, 1.82) is 0 Å². The first-order chi connectivity index (χ1) is 7.95. The van der Waals surface area contributed by atoms with Crippen molar-refractivity contribution in [1.82, 2.24) is 0 Å². The van der Waals surface area contributed by atoms with Crippen molar-refractivity contribution in [2.75, 3.05) is 0 Å². The molecule has 1 saturated carbocycles. The van der Waals surface area contributed by atoms with Crippen LogP contribution in [0.4, 0.5) is 0 Å². The van der Waals surface area contributed by atoms with Crippen LogP contribution in [0.2, 0.25) is 0 Å². The van der Waals surface area contributed by atoms with Gasteiger partial charge in [0.1, 0.15) is 18.1 Å². The highest BCUT2D eigenvalue weighted by atomic mass is 35.5. The van der Waals surface area contributed by atoms with Crippen LogP contribution in [0.25, 0.3) is 0 Å². The summed E-state index contributed by atoms with van der Waals surface area (Å²) in [5.74, 6) is 0. The van der Waals surface area contributed by atoms with E-state index >= 15 is 0 Å². The largest absolute Gasteiger partial charge is 0.494 e. The van der Waals surface area contributed by atoms with Crippen LogP contribution in [0.3, 0.4) is 0 Å². The van der Waals surface area contributed by atoms with Crippen LogP contribution >= 0.6 is 11.6 Å². The summed E-state index contributed by atoms with van der Waals surface area (Å²) in [7, 11) is 0. The van der Waals surface area contributed by atoms with E-state index in [1.807, 2.05) is 6.08 Å². The van der Waals surface area contributed by atoms with E-state index in [1.165, 1.54) is 19.1 Å². The lowest BCUT2D eigenvalue weighted by atomic mass is 9.89. The molecule has 0 atom stereocenters. The van der Waals surface area contributed by atoms with Crippen molar-refractivity contribution in [2.45, 2.75) is 38.7 Å². The zero-order valence-electron chi connectivity index (χ0n) is 10.2. The molecule has 17 heavy (non-hydrogen) atoms. The molecule has 0 saturated heterocycles. The summed E-state index contributed by atoms with van der Waals surface area (Å²) in [4.78, 5) is 10.9. The molecule has 0 amide bonds. The van der Waals surface area contributed by atoms with Gasteiger partial charge in [0.05, 0.1) is 5.03 Å². The number of aldehydes is 1. The zero-order valence-corrected chi connectivity index (χ0v) is 11.0. The van der Waals surface area contributed by atoms with Gasteiger partial charge >= 0.3 is 0 Å². The first-order valence-electron chi connectivity index (χ1n) is 5.84. The minimum atomic E-state index is -0.229. The third-order valence-electron chi connectivity index (χ3n) is 3.23. The van der Waals surface area contributed by atoms with Gasteiger partial charge in [0.15, 0.2) is 0 Å². The number of rotatable bonds is 1. The molecule has 1 heterocycles. The molecule has 0 radical (unpaired) electrons. The third kappa shape index (κ3) is 3.22. The quantitative estimate of drug-likeness (QED) is 0.665. The molecule has 3 heteroatoms. The molecule has 2 aliphatic rings. The highest BCUT2D eigenvalue weighted by molar-refractivity contribution is 6.31. The first kappa shape index (κ1) is 12.4. The van der Waals surface area contributed by atoms with Gasteiger partial charge in [-0.2, -0.15) is 0 Å². The van der Waals surface area contributed by atoms with Crippen LogP contribution in [0.15, 0.2) is 35.1 Å². The Kier molecular flexibility index (Phi) is 3.17. The molecular weight excluding hydrogens is 236 g/mol. The van der Waals surface area contributed by atoms with Crippen molar-refractivity contribution >= 4 is 17.9 Å². The maximum Gasteiger partial charge on any atom is 0.150 e. The fraction of sp³-hybridized carbons (Fsp3) is 0.500. The number of carbonyl (C=O) groups excluding carboxylic acids is 1. The molecule has 0 aromatic heterocycles. The summed E-state index contributed by atoms with van der Waals surface area (Å²) in [6, 6.07) is 0. The third-order valence-corrected chi connectivity index (χ3v) is 3.43. The predicted molar refractivity (Wildman–Crippen MR) is 68.7 cm³/mol. The molecule has 0 aromatic carbocycles. The Labute approximate surface area is 107 Å². The second-order valence-corrected chi connectivity index (χ2v) is 5.95. The van der Waals surface area contributed by atoms with Crippen LogP contribution in [-0.2, 0) is 9.53 Å². The van der Waals surface area contributed by atoms with E-state index in [4.69, 9.17) is 16.3 Å². The summed E-state index contributed by atoms with van der Waals surface area (Å²) in [6.45, 7) is 4.13. The van der Waals surface area contributed by atoms with Gasteiger partial charge in [-0.3, -0.25) is 4.79 Å². The Morgan fingerprint density at radius 1 is 1.41 bits per heavy atom. The Bertz CT molecular complexity index is 412. The summed E-state index contributed by atoms with van der Waals surface area (Å²) in [5, 5.41) is 0.441. The van der Waals surface area contributed by atoms with Crippen molar-refractivity contribution in [3.8, 4) is 0 Å². The summed E-state index contributed by atoms with van der Waals surface area (Å²) >= 11 is 5.97. The SMILES string of the molecule is CC1(C)CC2(C=CC(C=O)=CC(Cl)=CO1)CC2. The van der Waals surface area contributed by atoms with E-state index in [2.05, 4.69) is 19.9 Å². The standard InChI is InChI=1S/C14H17ClO2/c1-13(2)10-14(5-6-14)4-3-11(8-16)7-12(15)9-17-13/h3-4,7-9H,5-6,10H2,1-2H3. The molecule has 92 valence electrons. The highest BCUT2D eigenvalue weighted by Gasteiger charge is 2.44. The molecule has 2 nitrogen and oxygen atoms in total. The molecule has 0 unspecified atom stereocenters. The van der Waals surface area contributed by atoms with Crippen LogP contribution in [0.5, 0.6) is 0 Å². The molecule has 0 N–H and O–H groups in total. The molecule has 1 aliphatic heterocycles. The summed E-state index contributed by atoms with van der Waals surface area (Å²) < 4.78 is 5.70. The lowest BCUT2D eigenvalue weighted by molar-refractivity contribution is -0.104. The van der Waals surface area contributed by atoms with Crippen molar-refractivity contribution in [2.24, 2.45) is 5.41 Å². The van der Waals surface area contributed by atoms with Crippen molar-refractivity contribution in [3.05, 3.63) is 35.1 Å². The number of halogens is 1. The van der Waals surface area contributed by atoms with Crippen molar-refractivity contribution < 1.29 is 9.53 Å². The van der Waals surface area contributed by atoms with Gasteiger partial charge < -0.3 is 4.74 Å². The number of hydrogen-bond acceptors (Lipinski definition) is 2. The Morgan fingerprint density at radius 2 is 2.12 bits per heavy atom. The van der Waals surface area contributed by atoms with Gasteiger partial charge in [-0.15, -0.1) is 0 Å². The van der Waals surface area contributed by atoms with Crippen LogP contribution in [-0.4, -0.2) is 11.9 Å². The normalized spacial score (nSPS) is 25.6. The van der Waals surface area contributed by atoms with Gasteiger partial charge in [-0.25, -0.2) is 0 Å². The minimum Gasteiger partial charge on any atom is -0.494 e. The van der Waals surface area contributed by atoms with E-state index in [9.17, 15) is 4.79 Å².